The van der Waals surface area contributed by atoms with Crippen molar-refractivity contribution in [1.82, 2.24) is 9.21 Å². The minimum Gasteiger partial charge on any atom is -0.289 e. The van der Waals surface area contributed by atoms with Crippen LogP contribution in [0.1, 0.15) is 28.7 Å². The number of aryl methyl sites for hydroxylation is 4. The molecular weight excluding hydrogens is 426 g/mol. The Bertz CT molecular complexity index is 1160. The quantitative estimate of drug-likeness (QED) is 0.662. The van der Waals surface area contributed by atoms with E-state index < -0.39 is 16.1 Å². The van der Waals surface area contributed by atoms with E-state index in [4.69, 9.17) is 0 Å². The molecule has 0 saturated carbocycles. The highest BCUT2D eigenvalue weighted by molar-refractivity contribution is 7.89. The number of para-hydroxylation sites is 1. The van der Waals surface area contributed by atoms with E-state index in [1.807, 2.05) is 62.9 Å². The van der Waals surface area contributed by atoms with Gasteiger partial charge in [-0.3, -0.25) is 14.5 Å². The fourth-order valence-corrected chi connectivity index (χ4v) is 6.76. The molecule has 2 fully saturated rings. The Morgan fingerprint density at radius 1 is 0.844 bits per heavy atom. The second kappa shape index (κ2) is 8.42. The van der Waals surface area contributed by atoms with Gasteiger partial charge in [0, 0.05) is 26.2 Å². The van der Waals surface area contributed by atoms with E-state index in [2.05, 4.69) is 0 Å². The fourth-order valence-electron chi connectivity index (χ4n) is 4.93. The average Bonchev–Trinajstić information content (AvgIpc) is 3.01. The van der Waals surface area contributed by atoms with Gasteiger partial charge in [0.25, 0.3) is 5.91 Å². The summed E-state index contributed by atoms with van der Waals surface area (Å²) in [5.41, 5.74) is 4.02. The normalized spacial score (nSPS) is 20.9. The van der Waals surface area contributed by atoms with Gasteiger partial charge in [0.05, 0.1) is 23.0 Å². The minimum absolute atomic E-state index is 0.121. The predicted molar refractivity (Wildman–Crippen MR) is 123 cm³/mol. The molecular formula is C24H29N3O4S. The first-order valence-electron chi connectivity index (χ1n) is 10.9. The summed E-state index contributed by atoms with van der Waals surface area (Å²) in [4.78, 5) is 29.4. The van der Waals surface area contributed by atoms with Crippen molar-refractivity contribution in [3.63, 3.8) is 0 Å². The highest BCUT2D eigenvalue weighted by Crippen LogP contribution is 2.30. The van der Waals surface area contributed by atoms with Crippen LogP contribution < -0.4 is 4.90 Å². The molecule has 2 saturated heterocycles. The summed E-state index contributed by atoms with van der Waals surface area (Å²) >= 11 is 0. The minimum atomic E-state index is -3.63. The lowest BCUT2D eigenvalue weighted by Gasteiger charge is -2.36. The van der Waals surface area contributed by atoms with E-state index in [1.54, 1.807) is 6.07 Å². The summed E-state index contributed by atoms with van der Waals surface area (Å²) < 4.78 is 28.2. The number of anilines is 1. The highest BCUT2D eigenvalue weighted by atomic mass is 32.2. The lowest BCUT2D eigenvalue weighted by molar-refractivity contribution is -0.123. The number of sulfonamides is 1. The van der Waals surface area contributed by atoms with Crippen molar-refractivity contribution in [3.8, 4) is 0 Å². The third-order valence-corrected chi connectivity index (χ3v) is 8.60. The molecule has 0 radical (unpaired) electrons. The van der Waals surface area contributed by atoms with Crippen LogP contribution in [-0.4, -0.2) is 61.7 Å². The summed E-state index contributed by atoms with van der Waals surface area (Å²) in [6.07, 6.45) is 0.121. The van der Waals surface area contributed by atoms with Crippen LogP contribution in [0.2, 0.25) is 0 Å². The van der Waals surface area contributed by atoms with Gasteiger partial charge in [-0.2, -0.15) is 4.31 Å². The largest absolute Gasteiger partial charge is 0.289 e. The molecule has 8 heteroatoms. The average molecular weight is 456 g/mol. The summed E-state index contributed by atoms with van der Waals surface area (Å²) in [6, 6.07) is 10.6. The Labute approximate surface area is 189 Å². The Balaban J connectivity index is 1.49. The number of imide groups is 1. The maximum Gasteiger partial charge on any atom is 0.251 e. The Morgan fingerprint density at radius 3 is 2.03 bits per heavy atom. The SMILES string of the molecule is Cc1cc(C)c(S(=O)(=O)N2CCN(C3CC(=O)N(c4ccccc4C)C3=O)CC2)c(C)c1. The predicted octanol–water partition coefficient (Wildman–Crippen LogP) is 2.56. The molecule has 2 aliphatic rings. The van der Waals surface area contributed by atoms with Gasteiger partial charge in [-0.15, -0.1) is 0 Å². The van der Waals surface area contributed by atoms with Gasteiger partial charge in [-0.25, -0.2) is 13.3 Å². The van der Waals surface area contributed by atoms with Crippen molar-refractivity contribution in [1.29, 1.82) is 0 Å². The molecule has 1 unspecified atom stereocenters. The van der Waals surface area contributed by atoms with E-state index in [0.29, 0.717) is 23.7 Å². The lowest BCUT2D eigenvalue weighted by Crippen LogP contribution is -2.53. The molecule has 2 aromatic rings. The van der Waals surface area contributed by atoms with Gasteiger partial charge in [-0.1, -0.05) is 35.9 Å². The Morgan fingerprint density at radius 2 is 1.44 bits per heavy atom. The van der Waals surface area contributed by atoms with E-state index >= 15 is 0 Å². The van der Waals surface area contributed by atoms with E-state index in [0.717, 1.165) is 22.3 Å². The molecule has 2 aliphatic heterocycles. The Hall–Kier alpha value is -2.55. The molecule has 0 aromatic heterocycles. The Kier molecular flexibility index (Phi) is 5.96. The fraction of sp³-hybridized carbons (Fsp3) is 0.417. The van der Waals surface area contributed by atoms with Crippen LogP contribution in [0.3, 0.4) is 0 Å². The molecule has 32 heavy (non-hydrogen) atoms. The van der Waals surface area contributed by atoms with Crippen LogP contribution in [0.15, 0.2) is 41.3 Å². The lowest BCUT2D eigenvalue weighted by atomic mass is 10.1. The summed E-state index contributed by atoms with van der Waals surface area (Å²) in [6.45, 7) is 8.88. The van der Waals surface area contributed by atoms with E-state index in [-0.39, 0.29) is 31.3 Å². The van der Waals surface area contributed by atoms with Crippen LogP contribution in [0.4, 0.5) is 5.69 Å². The number of nitrogens with zero attached hydrogens (tertiary/aromatic N) is 3. The smallest absolute Gasteiger partial charge is 0.251 e. The van der Waals surface area contributed by atoms with Crippen molar-refractivity contribution in [2.45, 2.75) is 45.1 Å². The monoisotopic (exact) mass is 455 g/mol. The van der Waals surface area contributed by atoms with Gasteiger partial charge < -0.3 is 0 Å². The number of piperazine rings is 1. The molecule has 2 heterocycles. The molecule has 1 atom stereocenters. The molecule has 170 valence electrons. The zero-order chi connectivity index (χ0) is 23.2. The summed E-state index contributed by atoms with van der Waals surface area (Å²) in [5.74, 6) is -0.443. The van der Waals surface area contributed by atoms with Gasteiger partial charge in [0.2, 0.25) is 15.9 Å². The molecule has 0 aliphatic carbocycles. The molecule has 2 aromatic carbocycles. The van der Waals surface area contributed by atoms with Gasteiger partial charge in [0.1, 0.15) is 0 Å². The topological polar surface area (TPSA) is 78.0 Å². The molecule has 0 N–H and O–H groups in total. The number of hydrogen-bond acceptors (Lipinski definition) is 5. The first-order chi connectivity index (χ1) is 15.1. The van der Waals surface area contributed by atoms with Gasteiger partial charge in [-0.05, 0) is 50.5 Å². The van der Waals surface area contributed by atoms with Crippen LogP contribution in [0.25, 0.3) is 0 Å². The molecule has 0 spiro atoms. The zero-order valence-electron chi connectivity index (χ0n) is 19.0. The number of hydrogen-bond donors (Lipinski definition) is 0. The van der Waals surface area contributed by atoms with Crippen LogP contribution in [0.5, 0.6) is 0 Å². The van der Waals surface area contributed by atoms with Crippen LogP contribution >= 0.6 is 0 Å². The van der Waals surface area contributed by atoms with Crippen molar-refractivity contribution in [3.05, 3.63) is 58.7 Å². The van der Waals surface area contributed by atoms with Crippen molar-refractivity contribution >= 4 is 27.5 Å². The molecule has 2 amide bonds. The van der Waals surface area contributed by atoms with Crippen LogP contribution in [-0.2, 0) is 19.6 Å². The van der Waals surface area contributed by atoms with Crippen LogP contribution in [0, 0.1) is 27.7 Å². The second-order valence-corrected chi connectivity index (χ2v) is 10.6. The molecule has 4 rings (SSSR count). The number of benzene rings is 2. The number of carbonyl (C=O) groups excluding carboxylic acids is 2. The first kappa shape index (κ1) is 22.6. The van der Waals surface area contributed by atoms with Crippen molar-refractivity contribution in [2.75, 3.05) is 31.1 Å². The second-order valence-electron chi connectivity index (χ2n) is 8.74. The first-order valence-corrected chi connectivity index (χ1v) is 12.3. The standard InChI is InChI=1S/C24H29N3O4S/c1-16-13-18(3)23(19(4)14-16)32(30,31)26-11-9-25(10-12-26)21-15-22(28)27(24(21)29)20-8-6-5-7-17(20)2/h5-8,13-14,21H,9-12,15H2,1-4H3. The maximum absolute atomic E-state index is 13.3. The summed E-state index contributed by atoms with van der Waals surface area (Å²) in [5, 5.41) is 0. The third-order valence-electron chi connectivity index (χ3n) is 6.40. The van der Waals surface area contributed by atoms with E-state index in [1.165, 1.54) is 9.21 Å². The van der Waals surface area contributed by atoms with Crippen molar-refractivity contribution in [2.24, 2.45) is 0 Å². The molecule has 0 bridgehead atoms. The van der Waals surface area contributed by atoms with E-state index in [9.17, 15) is 18.0 Å². The third kappa shape index (κ3) is 3.87. The number of carbonyl (C=O) groups is 2. The van der Waals surface area contributed by atoms with Gasteiger partial charge >= 0.3 is 0 Å². The molecule has 7 nitrogen and oxygen atoms in total. The number of rotatable bonds is 4. The van der Waals surface area contributed by atoms with Gasteiger partial charge in [0.15, 0.2) is 0 Å². The maximum atomic E-state index is 13.3. The highest BCUT2D eigenvalue weighted by Gasteiger charge is 2.44. The zero-order valence-corrected chi connectivity index (χ0v) is 19.8. The number of amides is 2. The summed E-state index contributed by atoms with van der Waals surface area (Å²) in [7, 11) is -3.63. The van der Waals surface area contributed by atoms with Crippen molar-refractivity contribution < 1.29 is 18.0 Å².